The number of nitrogens with zero attached hydrogens (tertiary/aromatic N) is 2. The second-order valence-corrected chi connectivity index (χ2v) is 5.24. The minimum atomic E-state index is 0.612. The topological polar surface area (TPSA) is 39.1 Å². The third kappa shape index (κ3) is 3.79. The zero-order chi connectivity index (χ0) is 13.5. The molecule has 1 unspecified atom stereocenters. The second kappa shape index (κ2) is 7.28. The van der Waals surface area contributed by atoms with E-state index in [1.54, 1.807) is 0 Å². The van der Waals surface area contributed by atoms with Crippen molar-refractivity contribution in [2.24, 2.45) is 0 Å². The van der Waals surface area contributed by atoms with Gasteiger partial charge in [-0.05, 0) is 44.0 Å². The fourth-order valence-corrected chi connectivity index (χ4v) is 2.81. The van der Waals surface area contributed by atoms with Crippen molar-refractivity contribution >= 4 is 0 Å². The molecule has 0 radical (unpaired) electrons. The first-order valence-corrected chi connectivity index (χ1v) is 7.28. The third-order valence-electron chi connectivity index (χ3n) is 3.81. The highest BCUT2D eigenvalue weighted by Crippen LogP contribution is 2.17. The largest absolute Gasteiger partial charge is 0.315 e. The van der Waals surface area contributed by atoms with Crippen LogP contribution in [0.2, 0.25) is 0 Å². The van der Waals surface area contributed by atoms with Crippen LogP contribution in [0.25, 0.3) is 0 Å². The van der Waals surface area contributed by atoms with Gasteiger partial charge in [-0.25, -0.2) is 0 Å². The highest BCUT2D eigenvalue weighted by atomic mass is 15.2. The Hall–Kier alpha value is -1.37. The normalized spacial score (nSPS) is 19.3. The molecule has 0 aromatic heterocycles. The van der Waals surface area contributed by atoms with Gasteiger partial charge in [0.1, 0.15) is 0 Å². The molecule has 3 heteroatoms. The maximum atomic E-state index is 9.19. The fraction of sp³-hybridized carbons (Fsp3) is 0.562. The molecule has 0 aliphatic carbocycles. The van der Waals surface area contributed by atoms with Gasteiger partial charge in [0.25, 0.3) is 0 Å². The van der Waals surface area contributed by atoms with Crippen LogP contribution >= 0.6 is 0 Å². The standard InChI is InChI=1S/C16H23N3/c1-2-10-19(16-8-5-9-18-12-16)13-15-7-4-3-6-14(15)11-17/h3-4,6-7,16,18H,2,5,8-10,12-13H2,1H3. The molecular weight excluding hydrogens is 234 g/mol. The molecule has 1 aliphatic rings. The number of hydrogen-bond donors (Lipinski definition) is 1. The lowest BCUT2D eigenvalue weighted by molar-refractivity contribution is 0.158. The maximum absolute atomic E-state index is 9.19. The van der Waals surface area contributed by atoms with Gasteiger partial charge in [0, 0.05) is 19.1 Å². The van der Waals surface area contributed by atoms with Gasteiger partial charge in [-0.3, -0.25) is 4.90 Å². The van der Waals surface area contributed by atoms with E-state index in [2.05, 4.69) is 29.3 Å². The van der Waals surface area contributed by atoms with E-state index in [0.29, 0.717) is 6.04 Å². The zero-order valence-corrected chi connectivity index (χ0v) is 11.7. The molecule has 0 spiro atoms. The lowest BCUT2D eigenvalue weighted by atomic mass is 10.0. The molecule has 2 rings (SSSR count). The summed E-state index contributed by atoms with van der Waals surface area (Å²) in [5, 5.41) is 12.7. The lowest BCUT2D eigenvalue weighted by Gasteiger charge is -2.34. The number of rotatable bonds is 5. The summed E-state index contributed by atoms with van der Waals surface area (Å²) in [5.41, 5.74) is 1.97. The van der Waals surface area contributed by atoms with Crippen molar-refractivity contribution in [1.29, 1.82) is 5.26 Å². The van der Waals surface area contributed by atoms with E-state index in [1.807, 2.05) is 18.2 Å². The highest BCUT2D eigenvalue weighted by molar-refractivity contribution is 5.37. The predicted octanol–water partition coefficient (Wildman–Crippen LogP) is 2.52. The van der Waals surface area contributed by atoms with Crippen molar-refractivity contribution in [3.8, 4) is 6.07 Å². The van der Waals surface area contributed by atoms with Crippen LogP contribution in [-0.2, 0) is 6.54 Å². The maximum Gasteiger partial charge on any atom is 0.0995 e. The molecule has 0 bridgehead atoms. The van der Waals surface area contributed by atoms with Crippen molar-refractivity contribution < 1.29 is 0 Å². The van der Waals surface area contributed by atoms with Crippen LogP contribution in [0.3, 0.4) is 0 Å². The summed E-state index contributed by atoms with van der Waals surface area (Å²) in [5.74, 6) is 0. The Labute approximate surface area is 116 Å². The number of piperidine rings is 1. The average Bonchev–Trinajstić information content (AvgIpc) is 2.48. The molecule has 0 amide bonds. The Morgan fingerprint density at radius 3 is 2.95 bits per heavy atom. The van der Waals surface area contributed by atoms with E-state index in [0.717, 1.165) is 43.7 Å². The van der Waals surface area contributed by atoms with Crippen LogP contribution in [-0.4, -0.2) is 30.6 Å². The second-order valence-electron chi connectivity index (χ2n) is 5.24. The van der Waals surface area contributed by atoms with Gasteiger partial charge in [0.05, 0.1) is 11.6 Å². The Balaban J connectivity index is 2.09. The molecule has 0 saturated carbocycles. The molecule has 3 nitrogen and oxygen atoms in total. The van der Waals surface area contributed by atoms with Gasteiger partial charge in [-0.15, -0.1) is 0 Å². The number of nitriles is 1. The molecule has 1 saturated heterocycles. The molecule has 1 aromatic carbocycles. The smallest absolute Gasteiger partial charge is 0.0995 e. The van der Waals surface area contributed by atoms with Crippen LogP contribution in [0.5, 0.6) is 0 Å². The van der Waals surface area contributed by atoms with Crippen molar-refractivity contribution in [1.82, 2.24) is 10.2 Å². The number of benzene rings is 1. The molecule has 102 valence electrons. The number of hydrogen-bond acceptors (Lipinski definition) is 3. The van der Waals surface area contributed by atoms with Gasteiger partial charge < -0.3 is 5.32 Å². The first-order chi connectivity index (χ1) is 9.35. The summed E-state index contributed by atoms with van der Waals surface area (Å²) in [6.07, 6.45) is 3.68. The molecule has 1 atom stereocenters. The molecule has 1 aliphatic heterocycles. The summed E-state index contributed by atoms with van der Waals surface area (Å²) in [4.78, 5) is 2.53. The lowest BCUT2D eigenvalue weighted by Crippen LogP contribution is -2.46. The molecule has 1 aromatic rings. The molecule has 1 N–H and O–H groups in total. The van der Waals surface area contributed by atoms with Crippen molar-refractivity contribution in [3.63, 3.8) is 0 Å². The fourth-order valence-electron chi connectivity index (χ4n) is 2.81. The SMILES string of the molecule is CCCN(Cc1ccccc1C#N)C1CCCNC1. The van der Waals surface area contributed by atoms with Gasteiger partial charge >= 0.3 is 0 Å². The van der Waals surface area contributed by atoms with E-state index in [-0.39, 0.29) is 0 Å². The van der Waals surface area contributed by atoms with Crippen LogP contribution < -0.4 is 5.32 Å². The minimum absolute atomic E-state index is 0.612. The quantitative estimate of drug-likeness (QED) is 0.881. The first kappa shape index (κ1) is 14.0. The van der Waals surface area contributed by atoms with E-state index >= 15 is 0 Å². The Morgan fingerprint density at radius 1 is 1.42 bits per heavy atom. The first-order valence-electron chi connectivity index (χ1n) is 7.28. The number of nitrogens with one attached hydrogen (secondary N) is 1. The van der Waals surface area contributed by atoms with E-state index in [9.17, 15) is 5.26 Å². The average molecular weight is 257 g/mol. The zero-order valence-electron chi connectivity index (χ0n) is 11.7. The van der Waals surface area contributed by atoms with E-state index in [1.165, 1.54) is 12.8 Å². The van der Waals surface area contributed by atoms with E-state index in [4.69, 9.17) is 0 Å². The van der Waals surface area contributed by atoms with Crippen molar-refractivity contribution in [2.75, 3.05) is 19.6 Å². The van der Waals surface area contributed by atoms with Crippen molar-refractivity contribution in [3.05, 3.63) is 35.4 Å². The van der Waals surface area contributed by atoms with Gasteiger partial charge in [0.2, 0.25) is 0 Å². The molecule has 1 fully saturated rings. The third-order valence-corrected chi connectivity index (χ3v) is 3.81. The Morgan fingerprint density at radius 2 is 2.26 bits per heavy atom. The van der Waals surface area contributed by atoms with Crippen LogP contribution in [0.15, 0.2) is 24.3 Å². The molecule has 1 heterocycles. The Kier molecular flexibility index (Phi) is 5.38. The van der Waals surface area contributed by atoms with Crippen LogP contribution in [0.4, 0.5) is 0 Å². The summed E-state index contributed by atoms with van der Waals surface area (Å²) >= 11 is 0. The van der Waals surface area contributed by atoms with Crippen molar-refractivity contribution in [2.45, 2.75) is 38.8 Å². The molecule has 19 heavy (non-hydrogen) atoms. The van der Waals surface area contributed by atoms with Crippen LogP contribution in [0.1, 0.15) is 37.3 Å². The minimum Gasteiger partial charge on any atom is -0.315 e. The van der Waals surface area contributed by atoms with E-state index < -0.39 is 0 Å². The summed E-state index contributed by atoms with van der Waals surface area (Å²) in [7, 11) is 0. The highest BCUT2D eigenvalue weighted by Gasteiger charge is 2.20. The van der Waals surface area contributed by atoms with Gasteiger partial charge in [0.15, 0.2) is 0 Å². The summed E-state index contributed by atoms with van der Waals surface area (Å²) < 4.78 is 0. The molecular formula is C16H23N3. The van der Waals surface area contributed by atoms with Gasteiger partial charge in [-0.1, -0.05) is 25.1 Å². The van der Waals surface area contributed by atoms with Crippen LogP contribution in [0, 0.1) is 11.3 Å². The summed E-state index contributed by atoms with van der Waals surface area (Å²) in [6, 6.07) is 10.9. The Bertz CT molecular complexity index is 430. The predicted molar refractivity (Wildman–Crippen MR) is 77.7 cm³/mol. The monoisotopic (exact) mass is 257 g/mol. The van der Waals surface area contributed by atoms with Gasteiger partial charge in [-0.2, -0.15) is 5.26 Å². The summed E-state index contributed by atoms with van der Waals surface area (Å²) in [6.45, 7) is 6.44.